The molecule has 0 fully saturated rings. The van der Waals surface area contributed by atoms with E-state index in [-0.39, 0.29) is 17.7 Å². The van der Waals surface area contributed by atoms with E-state index in [1.807, 2.05) is 30.3 Å². The predicted molar refractivity (Wildman–Crippen MR) is 112 cm³/mol. The number of rotatable bonds is 10. The van der Waals surface area contributed by atoms with E-state index in [0.717, 1.165) is 42.8 Å². The number of ketones is 1. The zero-order valence-corrected chi connectivity index (χ0v) is 16.6. The van der Waals surface area contributed by atoms with Gasteiger partial charge in [0.1, 0.15) is 11.6 Å². The van der Waals surface area contributed by atoms with Crippen molar-refractivity contribution in [2.75, 3.05) is 0 Å². The van der Waals surface area contributed by atoms with Crippen LogP contribution in [0.5, 0.6) is 0 Å². The Morgan fingerprint density at radius 2 is 1.79 bits per heavy atom. The minimum absolute atomic E-state index is 0.154. The van der Waals surface area contributed by atoms with Crippen molar-refractivity contribution in [3.8, 4) is 11.3 Å². The standard InChI is InChI=1S/C23H26N4O2/c1-17(28)8-4-2-7-11-20(27-23(29)19-12-14-24-15-13-19)22-25-16-21(26-22)18-9-5-3-6-10-18/h3,5-6,9-10,12-16,20H,2,4,7-8,11H2,1H3,(H,25,26)(H,27,29)/t20-/m0/s1. The van der Waals surface area contributed by atoms with E-state index in [9.17, 15) is 9.59 Å². The summed E-state index contributed by atoms with van der Waals surface area (Å²) in [7, 11) is 0. The molecule has 3 rings (SSSR count). The van der Waals surface area contributed by atoms with Crippen molar-refractivity contribution in [1.29, 1.82) is 0 Å². The van der Waals surface area contributed by atoms with Gasteiger partial charge in [0.2, 0.25) is 0 Å². The van der Waals surface area contributed by atoms with Gasteiger partial charge in [-0.25, -0.2) is 4.98 Å². The molecule has 6 heteroatoms. The average molecular weight is 390 g/mol. The number of nitrogens with zero attached hydrogens (tertiary/aromatic N) is 2. The van der Waals surface area contributed by atoms with Crippen LogP contribution < -0.4 is 5.32 Å². The quantitative estimate of drug-likeness (QED) is 0.500. The van der Waals surface area contributed by atoms with Gasteiger partial charge in [-0.2, -0.15) is 0 Å². The number of pyridine rings is 1. The lowest BCUT2D eigenvalue weighted by Crippen LogP contribution is -2.29. The summed E-state index contributed by atoms with van der Waals surface area (Å²) in [4.78, 5) is 35.6. The molecule has 1 amide bonds. The van der Waals surface area contributed by atoms with Gasteiger partial charge in [-0.15, -0.1) is 0 Å². The van der Waals surface area contributed by atoms with E-state index in [2.05, 4.69) is 20.3 Å². The molecular weight excluding hydrogens is 364 g/mol. The van der Waals surface area contributed by atoms with Gasteiger partial charge in [-0.05, 0) is 37.5 Å². The summed E-state index contributed by atoms with van der Waals surface area (Å²) in [5.74, 6) is 0.794. The Morgan fingerprint density at radius 3 is 2.52 bits per heavy atom. The molecule has 2 N–H and O–H groups in total. The average Bonchev–Trinajstić information content (AvgIpc) is 3.24. The maximum absolute atomic E-state index is 12.7. The summed E-state index contributed by atoms with van der Waals surface area (Å²) in [5, 5.41) is 3.09. The van der Waals surface area contributed by atoms with Crippen molar-refractivity contribution in [1.82, 2.24) is 20.3 Å². The number of hydrogen-bond acceptors (Lipinski definition) is 4. The Labute approximate surface area is 170 Å². The number of Topliss-reactive ketones (excluding diaryl/α,β-unsaturated/α-hetero) is 1. The summed E-state index contributed by atoms with van der Waals surface area (Å²) < 4.78 is 0. The van der Waals surface area contributed by atoms with Crippen LogP contribution >= 0.6 is 0 Å². The largest absolute Gasteiger partial charge is 0.342 e. The number of imidazole rings is 1. The highest BCUT2D eigenvalue weighted by Gasteiger charge is 2.19. The van der Waals surface area contributed by atoms with E-state index < -0.39 is 0 Å². The van der Waals surface area contributed by atoms with E-state index in [1.165, 1.54) is 0 Å². The number of benzene rings is 1. The lowest BCUT2D eigenvalue weighted by Gasteiger charge is -2.17. The molecule has 0 unspecified atom stereocenters. The third-order valence-electron chi connectivity index (χ3n) is 4.78. The topological polar surface area (TPSA) is 87.7 Å². The van der Waals surface area contributed by atoms with Gasteiger partial charge in [-0.3, -0.25) is 9.78 Å². The Hall–Kier alpha value is -3.28. The van der Waals surface area contributed by atoms with Gasteiger partial charge in [-0.1, -0.05) is 43.2 Å². The van der Waals surface area contributed by atoms with Crippen LogP contribution in [0.25, 0.3) is 11.3 Å². The highest BCUT2D eigenvalue weighted by Crippen LogP contribution is 2.23. The number of aromatic amines is 1. The first-order valence-corrected chi connectivity index (χ1v) is 9.94. The molecule has 0 saturated carbocycles. The van der Waals surface area contributed by atoms with Crippen LogP contribution in [0.2, 0.25) is 0 Å². The van der Waals surface area contributed by atoms with E-state index in [1.54, 1.807) is 37.6 Å². The fraction of sp³-hybridized carbons (Fsp3) is 0.304. The Morgan fingerprint density at radius 1 is 1.03 bits per heavy atom. The molecule has 0 spiro atoms. The zero-order chi connectivity index (χ0) is 20.5. The molecule has 1 aromatic carbocycles. The molecule has 3 aromatic rings. The number of nitrogens with one attached hydrogen (secondary N) is 2. The minimum atomic E-state index is -0.231. The lowest BCUT2D eigenvalue weighted by molar-refractivity contribution is -0.117. The summed E-state index contributed by atoms with van der Waals surface area (Å²) >= 11 is 0. The fourth-order valence-corrected chi connectivity index (χ4v) is 3.20. The number of amides is 1. The maximum atomic E-state index is 12.7. The number of carbonyl (C=O) groups is 2. The molecule has 6 nitrogen and oxygen atoms in total. The molecule has 0 radical (unpaired) electrons. The van der Waals surface area contributed by atoms with Gasteiger partial charge in [0.05, 0.1) is 17.9 Å². The molecular formula is C23H26N4O2. The molecule has 1 atom stereocenters. The molecule has 2 heterocycles. The summed E-state index contributed by atoms with van der Waals surface area (Å²) in [6, 6.07) is 13.1. The SMILES string of the molecule is CC(=O)CCCCC[C@H](NC(=O)c1ccncc1)c1ncc(-c2ccccc2)[nH]1. The van der Waals surface area contributed by atoms with Crippen LogP contribution in [-0.4, -0.2) is 26.6 Å². The van der Waals surface area contributed by atoms with Crippen molar-refractivity contribution in [2.24, 2.45) is 0 Å². The first kappa shape index (κ1) is 20.5. The smallest absolute Gasteiger partial charge is 0.251 e. The molecule has 2 aromatic heterocycles. The highest BCUT2D eigenvalue weighted by molar-refractivity contribution is 5.94. The first-order valence-electron chi connectivity index (χ1n) is 9.94. The number of aromatic nitrogens is 3. The van der Waals surface area contributed by atoms with E-state index >= 15 is 0 Å². The van der Waals surface area contributed by atoms with E-state index in [4.69, 9.17) is 0 Å². The minimum Gasteiger partial charge on any atom is -0.342 e. The van der Waals surface area contributed by atoms with Crippen molar-refractivity contribution in [3.63, 3.8) is 0 Å². The number of unbranched alkanes of at least 4 members (excludes halogenated alkanes) is 2. The normalized spacial score (nSPS) is 11.8. The van der Waals surface area contributed by atoms with Crippen LogP contribution in [-0.2, 0) is 4.79 Å². The van der Waals surface area contributed by atoms with Crippen LogP contribution in [0.1, 0.15) is 61.3 Å². The number of hydrogen-bond donors (Lipinski definition) is 2. The first-order chi connectivity index (χ1) is 14.1. The highest BCUT2D eigenvalue weighted by atomic mass is 16.1. The molecule has 0 aliphatic carbocycles. The molecule has 0 aliphatic heterocycles. The third-order valence-corrected chi connectivity index (χ3v) is 4.78. The second-order valence-electron chi connectivity index (χ2n) is 7.11. The molecule has 29 heavy (non-hydrogen) atoms. The monoisotopic (exact) mass is 390 g/mol. The summed E-state index contributed by atoms with van der Waals surface area (Å²) in [6.07, 6.45) is 9.06. The second-order valence-corrected chi connectivity index (χ2v) is 7.11. The van der Waals surface area contributed by atoms with Crippen LogP contribution in [0.4, 0.5) is 0 Å². The summed E-state index contributed by atoms with van der Waals surface area (Å²) in [5.41, 5.74) is 2.53. The Balaban J connectivity index is 1.71. The maximum Gasteiger partial charge on any atom is 0.251 e. The molecule has 0 bridgehead atoms. The number of H-pyrrole nitrogens is 1. The van der Waals surface area contributed by atoms with Crippen LogP contribution in [0, 0.1) is 0 Å². The third kappa shape index (κ3) is 6.10. The molecule has 150 valence electrons. The van der Waals surface area contributed by atoms with E-state index in [0.29, 0.717) is 12.0 Å². The fourth-order valence-electron chi connectivity index (χ4n) is 3.20. The van der Waals surface area contributed by atoms with Gasteiger partial charge in [0, 0.05) is 24.4 Å². The van der Waals surface area contributed by atoms with Gasteiger partial charge in [0.25, 0.3) is 5.91 Å². The lowest BCUT2D eigenvalue weighted by atomic mass is 10.0. The van der Waals surface area contributed by atoms with Crippen molar-refractivity contribution < 1.29 is 9.59 Å². The number of carbonyl (C=O) groups excluding carboxylic acids is 2. The van der Waals surface area contributed by atoms with Crippen LogP contribution in [0.3, 0.4) is 0 Å². The van der Waals surface area contributed by atoms with Crippen molar-refractivity contribution >= 4 is 11.7 Å². The Bertz CT molecular complexity index is 922. The summed E-state index contributed by atoms with van der Waals surface area (Å²) in [6.45, 7) is 1.62. The van der Waals surface area contributed by atoms with Gasteiger partial charge < -0.3 is 15.1 Å². The van der Waals surface area contributed by atoms with Gasteiger partial charge in [0.15, 0.2) is 0 Å². The van der Waals surface area contributed by atoms with Crippen LogP contribution in [0.15, 0.2) is 61.1 Å². The molecule has 0 aliphatic rings. The van der Waals surface area contributed by atoms with Crippen molar-refractivity contribution in [3.05, 3.63) is 72.4 Å². The zero-order valence-electron chi connectivity index (χ0n) is 16.6. The van der Waals surface area contributed by atoms with Crippen molar-refractivity contribution in [2.45, 2.75) is 45.1 Å². The second kappa shape index (κ2) is 10.3. The Kier molecular flexibility index (Phi) is 7.28. The van der Waals surface area contributed by atoms with Gasteiger partial charge >= 0.3 is 0 Å². The predicted octanol–water partition coefficient (Wildman–Crippen LogP) is 4.48. The molecule has 0 saturated heterocycles.